The molecule has 0 fully saturated rings. The quantitative estimate of drug-likeness (QED) is 0.576. The first-order valence-electron chi connectivity index (χ1n) is 7.63. The number of amidine groups is 1. The Morgan fingerprint density at radius 1 is 1.47 bits per heavy atom. The predicted octanol–water partition coefficient (Wildman–Crippen LogP) is 0.921. The predicted molar refractivity (Wildman–Crippen MR) is 63.9 cm³/mol. The highest BCUT2D eigenvalue weighted by Gasteiger charge is 1.91. The molecule has 0 aliphatic rings. The van der Waals surface area contributed by atoms with Gasteiger partial charge in [0.05, 0.1) is 12.7 Å². The lowest BCUT2D eigenvalue weighted by Gasteiger charge is -1.97. The zero-order chi connectivity index (χ0) is 17.3. The van der Waals surface area contributed by atoms with Crippen LogP contribution < -0.4 is 11.5 Å². The number of aliphatic imine (C=N–C) groups is 2. The first-order chi connectivity index (χ1) is 9.90. The van der Waals surface area contributed by atoms with E-state index in [-0.39, 0.29) is 11.9 Å². The molecule has 0 bridgehead atoms. The van der Waals surface area contributed by atoms with E-state index in [1.54, 1.807) is 0 Å². The minimum absolute atomic E-state index is 0.0214. The van der Waals surface area contributed by atoms with Gasteiger partial charge < -0.3 is 11.5 Å². The summed E-state index contributed by atoms with van der Waals surface area (Å²) in [4.78, 5) is 6.88. The maximum absolute atomic E-state index is 7.95. The second kappa shape index (κ2) is 5.80. The van der Waals surface area contributed by atoms with Gasteiger partial charge in [-0.15, -0.1) is 0 Å². The van der Waals surface area contributed by atoms with E-state index < -0.39 is 36.5 Å². The van der Waals surface area contributed by atoms with Gasteiger partial charge in [-0.2, -0.15) is 0 Å². The normalized spacial score (nSPS) is 21.5. The van der Waals surface area contributed by atoms with Crippen molar-refractivity contribution in [3.05, 3.63) is 35.8 Å². The van der Waals surface area contributed by atoms with Gasteiger partial charge in [-0.05, 0) is 18.9 Å². The fraction of sp³-hybridized carbons (Fsp3) is 0.273. The molecule has 4 heteroatoms. The summed E-state index contributed by atoms with van der Waals surface area (Å²) in [6, 6.07) is 0.993. The van der Waals surface area contributed by atoms with Crippen LogP contribution in [0.2, 0.25) is 0 Å². The van der Waals surface area contributed by atoms with Gasteiger partial charge in [0.15, 0.2) is 0 Å². The van der Waals surface area contributed by atoms with Crippen LogP contribution in [-0.4, -0.2) is 18.3 Å². The Labute approximate surface area is 99.6 Å². The molecule has 0 amide bonds. The highest BCUT2D eigenvalue weighted by molar-refractivity contribution is 5.93. The van der Waals surface area contributed by atoms with Crippen molar-refractivity contribution in [1.82, 2.24) is 0 Å². The van der Waals surface area contributed by atoms with Gasteiger partial charge >= 0.3 is 0 Å². The molecule has 80 valence electrons. The van der Waals surface area contributed by atoms with Crippen LogP contribution in [0.15, 0.2) is 40.2 Å². The standard InChI is InChI=1S/C11H16N4/c1-9(12)15-11(13)14-8-7-10-5-3-2-4-6-10/h2-6H,7-8H2,1H3,(H4,12,13,14,15)/i3D,5D,6D,7D2,8D2. The summed E-state index contributed by atoms with van der Waals surface area (Å²) in [5.41, 5.74) is 10.1. The lowest BCUT2D eigenvalue weighted by molar-refractivity contribution is 0.962. The first kappa shape index (κ1) is 4.79. The Morgan fingerprint density at radius 3 is 3.00 bits per heavy atom. The van der Waals surface area contributed by atoms with Crippen molar-refractivity contribution in [2.45, 2.75) is 13.3 Å². The Morgan fingerprint density at radius 2 is 2.27 bits per heavy atom. The van der Waals surface area contributed by atoms with E-state index in [1.807, 2.05) is 0 Å². The Hall–Kier alpha value is -1.84. The van der Waals surface area contributed by atoms with Crippen LogP contribution in [0.1, 0.15) is 22.1 Å². The second-order valence-electron chi connectivity index (χ2n) is 2.58. The molecule has 1 aromatic rings. The summed E-state index contributed by atoms with van der Waals surface area (Å²) in [5.74, 6) is -0.540. The molecule has 0 radical (unpaired) electrons. The molecule has 0 atom stereocenters. The van der Waals surface area contributed by atoms with E-state index in [0.29, 0.717) is 0 Å². The molecule has 0 spiro atoms. The summed E-state index contributed by atoms with van der Waals surface area (Å²) >= 11 is 0. The molecule has 0 saturated carbocycles. The van der Waals surface area contributed by atoms with Crippen LogP contribution in [-0.2, 0) is 6.37 Å². The minimum Gasteiger partial charge on any atom is -0.387 e. The third-order valence-electron chi connectivity index (χ3n) is 1.23. The van der Waals surface area contributed by atoms with Gasteiger partial charge in [0, 0.05) is 9.24 Å². The number of nitrogens with two attached hydrogens (primary N) is 2. The SMILES string of the molecule is [2H]c1ccc([2H])c(C([2H])([2H])C([2H])([2H])N=C(N)N=C(C)N)c1[2H]. The van der Waals surface area contributed by atoms with Crippen LogP contribution in [0.3, 0.4) is 0 Å². The zero-order valence-corrected chi connectivity index (χ0v) is 8.20. The maximum Gasteiger partial charge on any atom is 0.216 e. The molecule has 1 rings (SSSR count). The van der Waals surface area contributed by atoms with Crippen molar-refractivity contribution in [3.63, 3.8) is 0 Å². The van der Waals surface area contributed by atoms with E-state index in [2.05, 4.69) is 9.98 Å². The molecule has 4 N–H and O–H groups in total. The molecule has 0 aliphatic heterocycles. The van der Waals surface area contributed by atoms with Gasteiger partial charge in [0.1, 0.15) is 0 Å². The fourth-order valence-electron chi connectivity index (χ4n) is 0.731. The maximum atomic E-state index is 7.95. The molecule has 0 unspecified atom stereocenters. The van der Waals surface area contributed by atoms with Crippen molar-refractivity contribution in [2.24, 2.45) is 21.5 Å². The van der Waals surface area contributed by atoms with Crippen LogP contribution >= 0.6 is 0 Å². The number of hydrogen-bond acceptors (Lipinski definition) is 1. The minimum atomic E-state index is -2.91. The third-order valence-corrected chi connectivity index (χ3v) is 1.23. The van der Waals surface area contributed by atoms with Gasteiger partial charge in [0.25, 0.3) is 0 Å². The van der Waals surface area contributed by atoms with Gasteiger partial charge in [-0.25, -0.2) is 4.99 Å². The lowest BCUT2D eigenvalue weighted by atomic mass is 10.2. The highest BCUT2D eigenvalue weighted by Crippen LogP contribution is 1.99. The van der Waals surface area contributed by atoms with Crippen LogP contribution in [0.4, 0.5) is 0 Å². The topological polar surface area (TPSA) is 76.8 Å². The number of rotatable bonds is 3. The van der Waals surface area contributed by atoms with Crippen molar-refractivity contribution < 1.29 is 9.60 Å². The molecule has 0 saturated heterocycles. The summed E-state index contributed by atoms with van der Waals surface area (Å²) in [6.07, 6.45) is -2.86. The molecule has 1 aromatic carbocycles. The van der Waals surface area contributed by atoms with E-state index in [4.69, 9.17) is 21.1 Å². The molecule has 0 aromatic heterocycles. The van der Waals surface area contributed by atoms with Gasteiger partial charge in [0.2, 0.25) is 5.96 Å². The summed E-state index contributed by atoms with van der Waals surface area (Å²) in [7, 11) is 0. The smallest absolute Gasteiger partial charge is 0.216 e. The Bertz CT molecular complexity index is 636. The number of benzene rings is 1. The Kier molecular flexibility index (Phi) is 1.85. The molecular weight excluding hydrogens is 188 g/mol. The summed E-state index contributed by atoms with van der Waals surface area (Å²) in [5, 5.41) is 0. The number of nitrogens with zero attached hydrogens (tertiary/aromatic N) is 2. The van der Waals surface area contributed by atoms with Crippen molar-refractivity contribution in [2.75, 3.05) is 6.50 Å². The monoisotopic (exact) mass is 211 g/mol. The fourth-order valence-corrected chi connectivity index (χ4v) is 0.731. The molecular formula is C11H16N4. The lowest BCUT2D eigenvalue weighted by Crippen LogP contribution is -2.16. The van der Waals surface area contributed by atoms with Crippen molar-refractivity contribution in [1.29, 1.82) is 0 Å². The molecule has 15 heavy (non-hydrogen) atoms. The summed E-state index contributed by atoms with van der Waals surface area (Å²) in [6.45, 7) is -1.50. The van der Waals surface area contributed by atoms with Crippen LogP contribution in [0, 0.1) is 0 Å². The van der Waals surface area contributed by atoms with E-state index in [1.165, 1.54) is 13.0 Å². The van der Waals surface area contributed by atoms with Crippen molar-refractivity contribution in [3.8, 4) is 0 Å². The van der Waals surface area contributed by atoms with Crippen LogP contribution in [0.25, 0.3) is 0 Å². The van der Waals surface area contributed by atoms with E-state index in [0.717, 1.165) is 6.07 Å². The van der Waals surface area contributed by atoms with Crippen molar-refractivity contribution >= 4 is 11.8 Å². The molecule has 4 nitrogen and oxygen atoms in total. The Balaban J connectivity index is 3.46. The van der Waals surface area contributed by atoms with E-state index >= 15 is 0 Å². The number of hydrogen-bond donors (Lipinski definition) is 2. The molecule has 0 aliphatic carbocycles. The number of guanidine groups is 1. The average molecular weight is 211 g/mol. The largest absolute Gasteiger partial charge is 0.387 e. The van der Waals surface area contributed by atoms with Crippen LogP contribution in [0.5, 0.6) is 0 Å². The summed E-state index contributed by atoms with van der Waals surface area (Å²) < 4.78 is 54.4. The zero-order valence-electron chi connectivity index (χ0n) is 15.2. The average Bonchev–Trinajstić information content (AvgIpc) is 2.32. The second-order valence-corrected chi connectivity index (χ2v) is 2.58. The van der Waals surface area contributed by atoms with E-state index in [9.17, 15) is 0 Å². The van der Waals surface area contributed by atoms with Gasteiger partial charge in [-0.1, -0.05) is 30.3 Å². The van der Waals surface area contributed by atoms with Gasteiger partial charge in [-0.3, -0.25) is 4.99 Å². The first-order valence-corrected chi connectivity index (χ1v) is 4.13. The third kappa shape index (κ3) is 4.81. The highest BCUT2D eigenvalue weighted by atomic mass is 15.1. The molecule has 0 heterocycles.